The molecule has 0 fully saturated rings. The molecule has 1 atom stereocenters. The molecule has 0 aliphatic carbocycles. The predicted molar refractivity (Wildman–Crippen MR) is 75.1 cm³/mol. The molecular weight excluding hydrogens is 244 g/mol. The number of rotatable bonds is 4. The van der Waals surface area contributed by atoms with Crippen molar-refractivity contribution < 1.29 is 0 Å². The SMILES string of the molecule is CC(CNc1nc2ccccc2[nH]1)c1nccs1. The fourth-order valence-corrected chi connectivity index (χ4v) is 2.55. The second-order valence-electron chi connectivity index (χ2n) is 4.25. The van der Waals surface area contributed by atoms with Crippen LogP contribution in [0.25, 0.3) is 11.0 Å². The van der Waals surface area contributed by atoms with Crippen molar-refractivity contribution in [2.75, 3.05) is 11.9 Å². The van der Waals surface area contributed by atoms with Gasteiger partial charge in [0.25, 0.3) is 0 Å². The largest absolute Gasteiger partial charge is 0.355 e. The van der Waals surface area contributed by atoms with E-state index in [0.29, 0.717) is 5.92 Å². The molecule has 2 heterocycles. The van der Waals surface area contributed by atoms with Crippen LogP contribution in [0, 0.1) is 0 Å². The second-order valence-corrected chi connectivity index (χ2v) is 5.18. The maximum absolute atomic E-state index is 4.48. The number of aromatic amines is 1. The van der Waals surface area contributed by atoms with Crippen LogP contribution in [0.5, 0.6) is 0 Å². The molecule has 1 unspecified atom stereocenters. The van der Waals surface area contributed by atoms with Crippen LogP contribution in [0.3, 0.4) is 0 Å². The van der Waals surface area contributed by atoms with Crippen molar-refractivity contribution in [3.05, 3.63) is 40.8 Å². The number of thiazole rings is 1. The summed E-state index contributed by atoms with van der Waals surface area (Å²) in [4.78, 5) is 12.1. The highest BCUT2D eigenvalue weighted by Crippen LogP contribution is 2.19. The molecule has 0 saturated carbocycles. The summed E-state index contributed by atoms with van der Waals surface area (Å²) in [6, 6.07) is 8.02. The molecule has 2 aromatic heterocycles. The van der Waals surface area contributed by atoms with Gasteiger partial charge in [0.2, 0.25) is 5.95 Å². The molecule has 2 N–H and O–H groups in total. The fraction of sp³-hybridized carbons (Fsp3) is 0.231. The molecular formula is C13H14N4S. The summed E-state index contributed by atoms with van der Waals surface area (Å²) >= 11 is 1.69. The van der Waals surface area contributed by atoms with E-state index in [1.807, 2.05) is 35.8 Å². The average Bonchev–Trinajstić information content (AvgIpc) is 3.04. The first-order valence-corrected chi connectivity index (χ1v) is 6.79. The standard InChI is InChI=1S/C13H14N4S/c1-9(12-14-6-7-18-12)8-15-13-16-10-4-2-3-5-11(10)17-13/h2-7,9H,8H2,1H3,(H2,15,16,17). The molecule has 0 spiro atoms. The summed E-state index contributed by atoms with van der Waals surface area (Å²) in [5, 5.41) is 6.48. The minimum atomic E-state index is 0.387. The number of hydrogen-bond acceptors (Lipinski definition) is 4. The van der Waals surface area contributed by atoms with Crippen LogP contribution in [0.2, 0.25) is 0 Å². The van der Waals surface area contributed by atoms with E-state index in [9.17, 15) is 0 Å². The lowest BCUT2D eigenvalue weighted by Crippen LogP contribution is -2.10. The van der Waals surface area contributed by atoms with E-state index >= 15 is 0 Å². The van der Waals surface area contributed by atoms with Gasteiger partial charge in [0.05, 0.1) is 16.0 Å². The Morgan fingerprint density at radius 1 is 1.39 bits per heavy atom. The summed E-state index contributed by atoms with van der Waals surface area (Å²) in [6.45, 7) is 2.99. The van der Waals surface area contributed by atoms with Gasteiger partial charge in [-0.25, -0.2) is 9.97 Å². The van der Waals surface area contributed by atoms with Crippen molar-refractivity contribution >= 4 is 28.3 Å². The number of para-hydroxylation sites is 2. The van der Waals surface area contributed by atoms with Crippen molar-refractivity contribution in [3.8, 4) is 0 Å². The van der Waals surface area contributed by atoms with Gasteiger partial charge in [-0.1, -0.05) is 19.1 Å². The molecule has 0 aliphatic heterocycles. The van der Waals surface area contributed by atoms with E-state index in [0.717, 1.165) is 28.5 Å². The smallest absolute Gasteiger partial charge is 0.201 e. The van der Waals surface area contributed by atoms with Crippen LogP contribution >= 0.6 is 11.3 Å². The lowest BCUT2D eigenvalue weighted by Gasteiger charge is -2.08. The van der Waals surface area contributed by atoms with Crippen LogP contribution in [0.15, 0.2) is 35.8 Å². The third kappa shape index (κ3) is 2.22. The van der Waals surface area contributed by atoms with Crippen LogP contribution in [0.4, 0.5) is 5.95 Å². The molecule has 0 radical (unpaired) electrons. The van der Waals surface area contributed by atoms with Gasteiger partial charge < -0.3 is 10.3 Å². The average molecular weight is 258 g/mol. The lowest BCUT2D eigenvalue weighted by atomic mass is 10.2. The van der Waals surface area contributed by atoms with Crippen molar-refractivity contribution in [1.29, 1.82) is 0 Å². The molecule has 18 heavy (non-hydrogen) atoms. The third-order valence-corrected chi connectivity index (χ3v) is 3.85. The van der Waals surface area contributed by atoms with Crippen LogP contribution < -0.4 is 5.32 Å². The molecule has 5 heteroatoms. The summed E-state index contributed by atoms with van der Waals surface area (Å²) < 4.78 is 0. The normalized spacial score (nSPS) is 12.7. The fourth-order valence-electron chi connectivity index (χ4n) is 1.85. The van der Waals surface area contributed by atoms with E-state index in [1.54, 1.807) is 11.3 Å². The van der Waals surface area contributed by atoms with E-state index < -0.39 is 0 Å². The summed E-state index contributed by atoms with van der Waals surface area (Å²) in [5.74, 6) is 1.21. The van der Waals surface area contributed by atoms with Crippen LogP contribution in [0.1, 0.15) is 17.8 Å². The molecule has 1 aromatic carbocycles. The second kappa shape index (κ2) is 4.78. The van der Waals surface area contributed by atoms with Crippen molar-refractivity contribution in [1.82, 2.24) is 15.0 Å². The Balaban J connectivity index is 1.69. The van der Waals surface area contributed by atoms with E-state index in [2.05, 4.69) is 27.2 Å². The molecule has 3 aromatic rings. The zero-order chi connectivity index (χ0) is 12.4. The Kier molecular flexibility index (Phi) is 2.98. The zero-order valence-corrected chi connectivity index (χ0v) is 10.9. The number of H-pyrrole nitrogens is 1. The maximum atomic E-state index is 4.48. The summed E-state index contributed by atoms with van der Waals surface area (Å²) in [5.41, 5.74) is 2.05. The van der Waals surface area contributed by atoms with Crippen molar-refractivity contribution in [2.45, 2.75) is 12.8 Å². The number of nitrogens with zero attached hydrogens (tertiary/aromatic N) is 2. The number of hydrogen-bond donors (Lipinski definition) is 2. The highest BCUT2D eigenvalue weighted by atomic mass is 32.1. The lowest BCUT2D eigenvalue weighted by molar-refractivity contribution is 0.790. The number of imidazole rings is 1. The van der Waals surface area contributed by atoms with Gasteiger partial charge in [0.1, 0.15) is 0 Å². The Hall–Kier alpha value is -1.88. The number of nitrogens with one attached hydrogen (secondary N) is 2. The minimum Gasteiger partial charge on any atom is -0.355 e. The number of anilines is 1. The third-order valence-electron chi connectivity index (χ3n) is 2.84. The van der Waals surface area contributed by atoms with Gasteiger partial charge in [-0.3, -0.25) is 0 Å². The molecule has 0 amide bonds. The van der Waals surface area contributed by atoms with Gasteiger partial charge >= 0.3 is 0 Å². The molecule has 0 bridgehead atoms. The van der Waals surface area contributed by atoms with E-state index in [-0.39, 0.29) is 0 Å². The van der Waals surface area contributed by atoms with Gasteiger partial charge in [-0.05, 0) is 12.1 Å². The number of aromatic nitrogens is 3. The number of benzene rings is 1. The van der Waals surface area contributed by atoms with Gasteiger partial charge in [-0.15, -0.1) is 11.3 Å². The number of fused-ring (bicyclic) bond motifs is 1. The topological polar surface area (TPSA) is 53.6 Å². The summed E-state index contributed by atoms with van der Waals surface area (Å²) in [6.07, 6.45) is 1.84. The van der Waals surface area contributed by atoms with Crippen molar-refractivity contribution in [3.63, 3.8) is 0 Å². The van der Waals surface area contributed by atoms with Gasteiger partial charge in [0.15, 0.2) is 0 Å². The maximum Gasteiger partial charge on any atom is 0.201 e. The molecule has 4 nitrogen and oxygen atoms in total. The minimum absolute atomic E-state index is 0.387. The molecule has 3 rings (SSSR count). The Morgan fingerprint density at radius 3 is 3.06 bits per heavy atom. The summed E-state index contributed by atoms with van der Waals surface area (Å²) in [7, 11) is 0. The Morgan fingerprint density at radius 2 is 2.28 bits per heavy atom. The van der Waals surface area contributed by atoms with E-state index in [4.69, 9.17) is 0 Å². The first kappa shape index (κ1) is 11.2. The van der Waals surface area contributed by atoms with E-state index in [1.165, 1.54) is 0 Å². The first-order chi connectivity index (χ1) is 8.83. The Bertz CT molecular complexity index is 596. The molecule has 0 saturated heterocycles. The Labute approximate surface area is 109 Å². The highest BCUT2D eigenvalue weighted by Gasteiger charge is 2.09. The van der Waals surface area contributed by atoms with Gasteiger partial charge in [0, 0.05) is 24.0 Å². The zero-order valence-electron chi connectivity index (χ0n) is 10.1. The van der Waals surface area contributed by atoms with Crippen molar-refractivity contribution in [2.24, 2.45) is 0 Å². The monoisotopic (exact) mass is 258 g/mol. The molecule has 0 aliphatic rings. The van der Waals surface area contributed by atoms with Crippen LogP contribution in [-0.2, 0) is 0 Å². The van der Waals surface area contributed by atoms with Gasteiger partial charge in [-0.2, -0.15) is 0 Å². The predicted octanol–water partition coefficient (Wildman–Crippen LogP) is 3.24. The highest BCUT2D eigenvalue weighted by molar-refractivity contribution is 7.09. The van der Waals surface area contributed by atoms with Crippen LogP contribution in [-0.4, -0.2) is 21.5 Å². The quantitative estimate of drug-likeness (QED) is 0.755. The first-order valence-electron chi connectivity index (χ1n) is 5.91. The molecule has 92 valence electrons.